The third-order valence-corrected chi connectivity index (χ3v) is 10.9. The van der Waals surface area contributed by atoms with Gasteiger partial charge < -0.3 is 10.1 Å². The van der Waals surface area contributed by atoms with E-state index in [1.54, 1.807) is 6.07 Å². The monoisotopic (exact) mass is 488 g/mol. The Morgan fingerprint density at radius 1 is 1.03 bits per heavy atom. The summed E-state index contributed by atoms with van der Waals surface area (Å²) in [5.41, 5.74) is 2.38. The Morgan fingerprint density at radius 3 is 2.15 bits per heavy atom. The van der Waals surface area contributed by atoms with Crippen LogP contribution in [0.25, 0.3) is 0 Å². The van der Waals surface area contributed by atoms with Crippen molar-refractivity contribution in [2.75, 3.05) is 19.6 Å². The van der Waals surface area contributed by atoms with E-state index in [-0.39, 0.29) is 23.0 Å². The molecule has 6 nitrogen and oxygen atoms in total. The highest BCUT2D eigenvalue weighted by molar-refractivity contribution is 7.89. The summed E-state index contributed by atoms with van der Waals surface area (Å²) in [5, 5.41) is 3.13. The minimum atomic E-state index is -3.71. The molecule has 1 N–H and O–H groups in total. The van der Waals surface area contributed by atoms with Crippen LogP contribution >= 0.6 is 0 Å². The van der Waals surface area contributed by atoms with E-state index >= 15 is 0 Å². The molecule has 0 spiro atoms. The first-order chi connectivity index (χ1) is 16.0. The number of nitrogens with one attached hydrogen (secondary N) is 1. The fourth-order valence-electron chi connectivity index (χ4n) is 7.83. The van der Waals surface area contributed by atoms with E-state index in [1.165, 1.54) is 42.8 Å². The zero-order chi connectivity index (χ0) is 24.3. The standard InChI is InChI=1S/C27H40N2O4S/c1-17-7-24(11-25(20(17)4)34(31,32)29-15-18(2)33-19(3)16-29)26(30)28-6-5-27-12-21-8-22(13-27)10-23(9-21)14-27/h7,11,18-19,21-23H,5-6,8-10,12-16H2,1-4H3,(H,28,30). The topological polar surface area (TPSA) is 75.7 Å². The molecule has 1 aliphatic heterocycles. The zero-order valence-corrected chi connectivity index (χ0v) is 21.9. The van der Waals surface area contributed by atoms with Gasteiger partial charge in [0.1, 0.15) is 0 Å². The number of ether oxygens (including phenoxy) is 1. The van der Waals surface area contributed by atoms with Gasteiger partial charge in [-0.2, -0.15) is 4.31 Å². The van der Waals surface area contributed by atoms with Gasteiger partial charge in [-0.25, -0.2) is 8.42 Å². The van der Waals surface area contributed by atoms with Crippen LogP contribution in [0.4, 0.5) is 0 Å². The van der Waals surface area contributed by atoms with Crippen molar-refractivity contribution in [2.45, 2.75) is 89.7 Å². The second kappa shape index (κ2) is 8.90. The first-order valence-corrected chi connectivity index (χ1v) is 14.5. The molecule has 2 unspecified atom stereocenters. The van der Waals surface area contributed by atoms with E-state index in [4.69, 9.17) is 4.74 Å². The molecule has 0 radical (unpaired) electrons. The maximum Gasteiger partial charge on any atom is 0.251 e. The molecular weight excluding hydrogens is 448 g/mol. The highest BCUT2D eigenvalue weighted by Crippen LogP contribution is 2.61. The molecule has 1 amide bonds. The molecule has 4 aliphatic carbocycles. The summed E-state index contributed by atoms with van der Waals surface area (Å²) in [6.45, 7) is 8.81. The number of carbonyl (C=O) groups is 1. The number of rotatable bonds is 6. The van der Waals surface area contributed by atoms with E-state index < -0.39 is 10.0 Å². The second-order valence-electron chi connectivity index (χ2n) is 11.9. The van der Waals surface area contributed by atoms with Crippen LogP contribution in [0.3, 0.4) is 0 Å². The van der Waals surface area contributed by atoms with Crippen LogP contribution < -0.4 is 5.32 Å². The van der Waals surface area contributed by atoms with Crippen LogP contribution in [0.2, 0.25) is 0 Å². The van der Waals surface area contributed by atoms with Crippen molar-refractivity contribution in [2.24, 2.45) is 23.2 Å². The number of carbonyl (C=O) groups excluding carboxylic acids is 1. The van der Waals surface area contributed by atoms with E-state index in [0.717, 1.165) is 29.7 Å². The molecule has 1 heterocycles. The van der Waals surface area contributed by atoms with Gasteiger partial charge in [0.05, 0.1) is 17.1 Å². The number of benzene rings is 1. The summed E-state index contributed by atoms with van der Waals surface area (Å²) in [7, 11) is -3.71. The molecule has 0 aromatic heterocycles. The van der Waals surface area contributed by atoms with Crippen LogP contribution in [-0.4, -0.2) is 50.5 Å². The molecular formula is C27H40N2O4S. The summed E-state index contributed by atoms with van der Waals surface area (Å²) < 4.78 is 34.3. The van der Waals surface area contributed by atoms with Crippen LogP contribution in [0.15, 0.2) is 17.0 Å². The Morgan fingerprint density at radius 2 is 1.59 bits per heavy atom. The van der Waals surface area contributed by atoms with Crippen molar-refractivity contribution < 1.29 is 17.9 Å². The summed E-state index contributed by atoms with van der Waals surface area (Å²) in [6.07, 6.45) is 8.99. The zero-order valence-electron chi connectivity index (χ0n) is 21.1. The van der Waals surface area contributed by atoms with Crippen LogP contribution in [0, 0.1) is 37.0 Å². The lowest BCUT2D eigenvalue weighted by atomic mass is 9.49. The van der Waals surface area contributed by atoms with Gasteiger partial charge in [-0.15, -0.1) is 0 Å². The SMILES string of the molecule is Cc1cc(C(=O)NCCC23CC4CC(CC(C4)C2)C3)cc(S(=O)(=O)N2CC(C)OC(C)C2)c1C. The average Bonchev–Trinajstić information content (AvgIpc) is 2.73. The third kappa shape index (κ3) is 4.56. The second-order valence-corrected chi connectivity index (χ2v) is 13.8. The Bertz CT molecular complexity index is 1020. The quantitative estimate of drug-likeness (QED) is 0.642. The van der Waals surface area contributed by atoms with Crippen LogP contribution in [-0.2, 0) is 14.8 Å². The fraction of sp³-hybridized carbons (Fsp3) is 0.741. The maximum atomic E-state index is 13.5. The minimum absolute atomic E-state index is 0.156. The van der Waals surface area contributed by atoms with Gasteiger partial charge in [0, 0.05) is 25.2 Å². The molecule has 188 valence electrons. The highest BCUT2D eigenvalue weighted by Gasteiger charge is 2.50. The van der Waals surface area contributed by atoms with Gasteiger partial charge in [-0.05, 0) is 119 Å². The Kier molecular flexibility index (Phi) is 6.35. The smallest absolute Gasteiger partial charge is 0.251 e. The lowest BCUT2D eigenvalue weighted by Gasteiger charge is -2.57. The fourth-order valence-corrected chi connectivity index (χ4v) is 9.75. The average molecular weight is 489 g/mol. The predicted molar refractivity (Wildman–Crippen MR) is 132 cm³/mol. The first-order valence-electron chi connectivity index (χ1n) is 13.1. The largest absolute Gasteiger partial charge is 0.373 e. The van der Waals surface area contributed by atoms with Crippen molar-refractivity contribution in [1.82, 2.24) is 9.62 Å². The van der Waals surface area contributed by atoms with Crippen LogP contribution in [0.1, 0.15) is 80.3 Å². The number of morpholine rings is 1. The van der Waals surface area contributed by atoms with Gasteiger partial charge in [0.2, 0.25) is 10.0 Å². The van der Waals surface area contributed by atoms with Crippen molar-refractivity contribution >= 4 is 15.9 Å². The summed E-state index contributed by atoms with van der Waals surface area (Å²) in [4.78, 5) is 13.4. The van der Waals surface area contributed by atoms with Crippen molar-refractivity contribution in [3.63, 3.8) is 0 Å². The molecule has 1 saturated heterocycles. The summed E-state index contributed by atoms with van der Waals surface area (Å²) >= 11 is 0. The summed E-state index contributed by atoms with van der Waals surface area (Å²) in [5.74, 6) is 2.54. The minimum Gasteiger partial charge on any atom is -0.373 e. The number of hydrogen-bond acceptors (Lipinski definition) is 4. The highest BCUT2D eigenvalue weighted by atomic mass is 32.2. The third-order valence-electron chi connectivity index (χ3n) is 8.99. The summed E-state index contributed by atoms with van der Waals surface area (Å²) in [6, 6.07) is 3.39. The lowest BCUT2D eigenvalue weighted by molar-refractivity contribution is -0.0564. The van der Waals surface area contributed by atoms with Crippen molar-refractivity contribution in [3.05, 3.63) is 28.8 Å². The molecule has 5 aliphatic rings. The normalized spacial score (nSPS) is 35.5. The molecule has 4 bridgehead atoms. The Labute approximate surface area is 204 Å². The molecule has 7 heteroatoms. The van der Waals surface area contributed by atoms with Crippen molar-refractivity contribution in [3.8, 4) is 0 Å². The maximum absolute atomic E-state index is 13.5. The predicted octanol–water partition coefficient (Wildman–Crippen LogP) is 4.44. The van der Waals surface area contributed by atoms with Gasteiger partial charge in [0.25, 0.3) is 5.91 Å². The molecule has 2 atom stereocenters. The number of hydrogen-bond donors (Lipinski definition) is 1. The number of sulfonamides is 1. The van der Waals surface area contributed by atoms with E-state index in [9.17, 15) is 13.2 Å². The molecule has 34 heavy (non-hydrogen) atoms. The van der Waals surface area contributed by atoms with E-state index in [1.807, 2.05) is 33.8 Å². The lowest BCUT2D eigenvalue weighted by Crippen LogP contribution is -2.48. The van der Waals surface area contributed by atoms with Crippen LogP contribution in [0.5, 0.6) is 0 Å². The van der Waals surface area contributed by atoms with E-state index in [0.29, 0.717) is 36.2 Å². The van der Waals surface area contributed by atoms with Gasteiger partial charge in [-0.1, -0.05) is 0 Å². The number of amides is 1. The molecule has 4 saturated carbocycles. The van der Waals surface area contributed by atoms with Gasteiger partial charge >= 0.3 is 0 Å². The Balaban J connectivity index is 1.29. The first kappa shape index (κ1) is 24.3. The van der Waals surface area contributed by atoms with Crippen molar-refractivity contribution in [1.29, 1.82) is 0 Å². The Hall–Kier alpha value is -1.44. The van der Waals surface area contributed by atoms with E-state index in [2.05, 4.69) is 5.32 Å². The molecule has 1 aromatic rings. The molecule has 5 fully saturated rings. The number of aryl methyl sites for hydroxylation is 1. The van der Waals surface area contributed by atoms with Gasteiger partial charge in [-0.3, -0.25) is 4.79 Å². The van der Waals surface area contributed by atoms with Gasteiger partial charge in [0.15, 0.2) is 0 Å². The molecule has 6 rings (SSSR count). The molecule has 1 aromatic carbocycles. The number of nitrogens with zero attached hydrogens (tertiary/aromatic N) is 1.